The monoisotopic (exact) mass is 276 g/mol. The SMILES string of the molecule is C=C(CCCCC(=O)OCC)CC(O)c1ccccc1. The molecule has 1 unspecified atom stereocenters. The first kappa shape index (κ1) is 16.4. The number of benzene rings is 1. The Hall–Kier alpha value is -1.61. The van der Waals surface area contributed by atoms with Gasteiger partial charge < -0.3 is 9.84 Å². The molecule has 1 aromatic rings. The number of unbranched alkanes of at least 4 members (excludes halogenated alkanes) is 1. The Bertz CT molecular complexity index is 412. The van der Waals surface area contributed by atoms with Crippen molar-refractivity contribution in [1.29, 1.82) is 0 Å². The standard InChI is InChI=1S/C17H24O3/c1-3-20-17(19)12-8-7-9-14(2)13-16(18)15-10-5-4-6-11-15/h4-6,10-11,16,18H,2-3,7-9,12-13H2,1H3. The third-order valence-electron chi connectivity index (χ3n) is 3.13. The highest BCUT2D eigenvalue weighted by atomic mass is 16.5. The van der Waals surface area contributed by atoms with Gasteiger partial charge in [-0.3, -0.25) is 4.79 Å². The molecule has 0 aliphatic heterocycles. The lowest BCUT2D eigenvalue weighted by molar-refractivity contribution is -0.143. The van der Waals surface area contributed by atoms with Crippen molar-refractivity contribution in [3.8, 4) is 0 Å². The first-order chi connectivity index (χ1) is 9.63. The van der Waals surface area contributed by atoms with Crippen LogP contribution < -0.4 is 0 Å². The molecule has 0 saturated carbocycles. The largest absolute Gasteiger partial charge is 0.466 e. The highest BCUT2D eigenvalue weighted by Crippen LogP contribution is 2.22. The summed E-state index contributed by atoms with van der Waals surface area (Å²) in [4.78, 5) is 11.2. The van der Waals surface area contributed by atoms with E-state index in [-0.39, 0.29) is 5.97 Å². The molecule has 1 atom stereocenters. The van der Waals surface area contributed by atoms with Crippen LogP contribution in [0, 0.1) is 0 Å². The van der Waals surface area contributed by atoms with Crippen molar-refractivity contribution in [3.05, 3.63) is 48.0 Å². The Morgan fingerprint density at radius 2 is 1.90 bits per heavy atom. The minimum absolute atomic E-state index is 0.137. The van der Waals surface area contributed by atoms with Crippen LogP contribution in [0.5, 0.6) is 0 Å². The van der Waals surface area contributed by atoms with Crippen LogP contribution in [0.4, 0.5) is 0 Å². The highest BCUT2D eigenvalue weighted by Gasteiger charge is 2.09. The van der Waals surface area contributed by atoms with Crippen LogP contribution in [0.3, 0.4) is 0 Å². The van der Waals surface area contributed by atoms with Crippen LogP contribution in [0.2, 0.25) is 0 Å². The topological polar surface area (TPSA) is 46.5 Å². The van der Waals surface area contributed by atoms with E-state index in [1.54, 1.807) is 0 Å². The Labute approximate surface area is 121 Å². The zero-order chi connectivity index (χ0) is 14.8. The molecule has 110 valence electrons. The van der Waals surface area contributed by atoms with Gasteiger partial charge in [-0.2, -0.15) is 0 Å². The average molecular weight is 276 g/mol. The average Bonchev–Trinajstić information content (AvgIpc) is 2.45. The number of esters is 1. The van der Waals surface area contributed by atoms with Gasteiger partial charge in [-0.05, 0) is 38.2 Å². The van der Waals surface area contributed by atoms with E-state index in [2.05, 4.69) is 6.58 Å². The molecule has 3 heteroatoms. The zero-order valence-corrected chi connectivity index (χ0v) is 12.2. The Balaban J connectivity index is 2.19. The normalized spacial score (nSPS) is 11.9. The third-order valence-corrected chi connectivity index (χ3v) is 3.13. The molecule has 0 fully saturated rings. The Morgan fingerprint density at radius 3 is 2.55 bits per heavy atom. The fourth-order valence-corrected chi connectivity index (χ4v) is 2.05. The predicted molar refractivity (Wildman–Crippen MR) is 80.3 cm³/mol. The lowest BCUT2D eigenvalue weighted by Gasteiger charge is -2.12. The van der Waals surface area contributed by atoms with E-state index in [9.17, 15) is 9.90 Å². The summed E-state index contributed by atoms with van der Waals surface area (Å²) in [5.41, 5.74) is 1.94. The van der Waals surface area contributed by atoms with Crippen molar-refractivity contribution in [2.75, 3.05) is 6.61 Å². The maximum Gasteiger partial charge on any atom is 0.305 e. The van der Waals surface area contributed by atoms with Gasteiger partial charge in [0.05, 0.1) is 12.7 Å². The van der Waals surface area contributed by atoms with Crippen molar-refractivity contribution < 1.29 is 14.6 Å². The van der Waals surface area contributed by atoms with Crippen LogP contribution in [0.1, 0.15) is 50.7 Å². The number of aliphatic hydroxyl groups is 1. The summed E-state index contributed by atoms with van der Waals surface area (Å²) >= 11 is 0. The number of hydrogen-bond donors (Lipinski definition) is 1. The molecule has 0 aromatic heterocycles. The van der Waals surface area contributed by atoms with E-state index < -0.39 is 6.10 Å². The predicted octanol–water partition coefficient (Wildman–Crippen LogP) is 3.79. The lowest BCUT2D eigenvalue weighted by atomic mass is 9.99. The maximum atomic E-state index is 11.2. The fraction of sp³-hybridized carbons (Fsp3) is 0.471. The number of carbonyl (C=O) groups is 1. The van der Waals surface area contributed by atoms with Gasteiger partial charge in [0.2, 0.25) is 0 Å². The van der Waals surface area contributed by atoms with Gasteiger partial charge in [-0.25, -0.2) is 0 Å². The van der Waals surface area contributed by atoms with Crippen LogP contribution >= 0.6 is 0 Å². The number of aliphatic hydroxyl groups excluding tert-OH is 1. The van der Waals surface area contributed by atoms with E-state index in [4.69, 9.17) is 4.74 Å². The summed E-state index contributed by atoms with van der Waals surface area (Å²) in [5, 5.41) is 10.1. The molecule has 0 amide bonds. The summed E-state index contributed by atoms with van der Waals surface area (Å²) in [7, 11) is 0. The number of hydrogen-bond acceptors (Lipinski definition) is 3. The molecular weight excluding hydrogens is 252 g/mol. The first-order valence-electron chi connectivity index (χ1n) is 7.18. The van der Waals surface area contributed by atoms with Crippen LogP contribution in [-0.2, 0) is 9.53 Å². The summed E-state index contributed by atoms with van der Waals surface area (Å²) in [5.74, 6) is -0.137. The van der Waals surface area contributed by atoms with Crippen molar-refractivity contribution in [2.24, 2.45) is 0 Å². The second-order valence-electron chi connectivity index (χ2n) is 4.89. The van der Waals surface area contributed by atoms with E-state index in [1.165, 1.54) is 0 Å². The highest BCUT2D eigenvalue weighted by molar-refractivity contribution is 5.69. The van der Waals surface area contributed by atoms with E-state index in [0.717, 1.165) is 30.4 Å². The Kier molecular flexibility index (Phi) is 7.66. The molecule has 0 aliphatic carbocycles. The van der Waals surface area contributed by atoms with E-state index in [1.807, 2.05) is 37.3 Å². The van der Waals surface area contributed by atoms with Crippen molar-refractivity contribution in [1.82, 2.24) is 0 Å². The summed E-state index contributed by atoms with van der Waals surface area (Å²) < 4.78 is 4.87. The summed E-state index contributed by atoms with van der Waals surface area (Å²) in [6, 6.07) is 9.60. The van der Waals surface area contributed by atoms with Gasteiger partial charge in [0, 0.05) is 6.42 Å². The molecule has 0 saturated heterocycles. The fourth-order valence-electron chi connectivity index (χ4n) is 2.05. The van der Waals surface area contributed by atoms with Crippen molar-refractivity contribution >= 4 is 5.97 Å². The second-order valence-corrected chi connectivity index (χ2v) is 4.89. The van der Waals surface area contributed by atoms with Gasteiger partial charge in [0.25, 0.3) is 0 Å². The zero-order valence-electron chi connectivity index (χ0n) is 12.2. The molecule has 1 rings (SSSR count). The van der Waals surface area contributed by atoms with Gasteiger partial charge in [-0.1, -0.05) is 42.5 Å². The van der Waals surface area contributed by atoms with Crippen LogP contribution in [0.15, 0.2) is 42.5 Å². The quantitative estimate of drug-likeness (QED) is 0.424. The molecule has 0 spiro atoms. The molecule has 20 heavy (non-hydrogen) atoms. The van der Waals surface area contributed by atoms with Gasteiger partial charge >= 0.3 is 5.97 Å². The first-order valence-corrected chi connectivity index (χ1v) is 7.18. The smallest absolute Gasteiger partial charge is 0.305 e. The van der Waals surface area contributed by atoms with E-state index in [0.29, 0.717) is 19.4 Å². The maximum absolute atomic E-state index is 11.2. The van der Waals surface area contributed by atoms with E-state index >= 15 is 0 Å². The van der Waals surface area contributed by atoms with Crippen LogP contribution in [-0.4, -0.2) is 17.7 Å². The molecule has 0 bridgehead atoms. The molecule has 1 N–H and O–H groups in total. The van der Waals surface area contributed by atoms with Crippen molar-refractivity contribution in [2.45, 2.75) is 45.1 Å². The summed E-state index contributed by atoms with van der Waals surface area (Å²) in [6.45, 7) is 6.25. The lowest BCUT2D eigenvalue weighted by Crippen LogP contribution is -2.03. The molecule has 1 aromatic carbocycles. The molecule has 0 heterocycles. The molecular formula is C17H24O3. The summed E-state index contributed by atoms with van der Waals surface area (Å²) in [6.07, 6.45) is 3.09. The molecule has 3 nitrogen and oxygen atoms in total. The van der Waals surface area contributed by atoms with Gasteiger partial charge in [-0.15, -0.1) is 0 Å². The second kappa shape index (κ2) is 9.32. The minimum Gasteiger partial charge on any atom is -0.466 e. The molecule has 0 aliphatic rings. The Morgan fingerprint density at radius 1 is 1.25 bits per heavy atom. The third kappa shape index (κ3) is 6.53. The molecule has 0 radical (unpaired) electrons. The van der Waals surface area contributed by atoms with Crippen LogP contribution in [0.25, 0.3) is 0 Å². The number of carbonyl (C=O) groups excluding carboxylic acids is 1. The minimum atomic E-state index is -0.492. The van der Waals surface area contributed by atoms with Crippen molar-refractivity contribution in [3.63, 3.8) is 0 Å². The van der Waals surface area contributed by atoms with Gasteiger partial charge in [0.15, 0.2) is 0 Å². The number of ether oxygens (including phenoxy) is 1. The van der Waals surface area contributed by atoms with Gasteiger partial charge in [0.1, 0.15) is 0 Å². The number of rotatable bonds is 9.